The van der Waals surface area contributed by atoms with Crippen molar-refractivity contribution in [2.75, 3.05) is 6.54 Å². The van der Waals surface area contributed by atoms with Crippen molar-refractivity contribution < 1.29 is 4.79 Å². The van der Waals surface area contributed by atoms with Gasteiger partial charge in [0.05, 0.1) is 5.01 Å². The van der Waals surface area contributed by atoms with Crippen LogP contribution in [0.2, 0.25) is 0 Å². The van der Waals surface area contributed by atoms with Gasteiger partial charge in [0.25, 0.3) is 0 Å². The van der Waals surface area contributed by atoms with Crippen LogP contribution in [0.15, 0.2) is 11.6 Å². The molecule has 7 heteroatoms. The van der Waals surface area contributed by atoms with Gasteiger partial charge in [-0.25, -0.2) is 4.98 Å². The molecule has 1 aromatic heterocycles. The summed E-state index contributed by atoms with van der Waals surface area (Å²) in [7, 11) is 0. The van der Waals surface area contributed by atoms with E-state index in [1.54, 1.807) is 17.5 Å². The molecule has 16 heavy (non-hydrogen) atoms. The summed E-state index contributed by atoms with van der Waals surface area (Å²) < 4.78 is 0. The maximum absolute atomic E-state index is 11.3. The minimum Gasteiger partial charge on any atom is -0.352 e. The van der Waals surface area contributed by atoms with Gasteiger partial charge in [0.1, 0.15) is 0 Å². The number of carbonyl (C=O) groups excluding carboxylic acids is 1. The van der Waals surface area contributed by atoms with E-state index in [0.717, 1.165) is 5.01 Å². The third kappa shape index (κ3) is 7.00. The molecule has 94 valence electrons. The van der Waals surface area contributed by atoms with Gasteiger partial charge in [-0.1, -0.05) is 0 Å². The molecular formula is C9H17Cl2N3OS. The maximum Gasteiger partial charge on any atom is 0.220 e. The summed E-state index contributed by atoms with van der Waals surface area (Å²) in [5.74, 6) is 0.0400. The lowest BCUT2D eigenvalue weighted by molar-refractivity contribution is -0.121. The summed E-state index contributed by atoms with van der Waals surface area (Å²) in [5, 5.41) is 5.72. The van der Waals surface area contributed by atoms with Crippen molar-refractivity contribution in [2.24, 2.45) is 5.73 Å². The summed E-state index contributed by atoms with van der Waals surface area (Å²) >= 11 is 1.57. The number of halogens is 2. The van der Waals surface area contributed by atoms with Crippen LogP contribution in [0, 0.1) is 0 Å². The molecule has 0 saturated heterocycles. The SMILES string of the molecule is C[C@@H](CN)NC(=O)CCc1nccs1.Cl.Cl. The minimum atomic E-state index is 0. The Morgan fingerprint density at radius 1 is 1.62 bits per heavy atom. The molecular weight excluding hydrogens is 269 g/mol. The van der Waals surface area contributed by atoms with Gasteiger partial charge in [0, 0.05) is 37.0 Å². The molecule has 0 saturated carbocycles. The zero-order valence-electron chi connectivity index (χ0n) is 9.01. The van der Waals surface area contributed by atoms with Crippen LogP contribution in [0.1, 0.15) is 18.4 Å². The van der Waals surface area contributed by atoms with E-state index in [0.29, 0.717) is 19.4 Å². The molecule has 0 aromatic carbocycles. The highest BCUT2D eigenvalue weighted by Gasteiger charge is 2.06. The molecule has 4 nitrogen and oxygen atoms in total. The largest absolute Gasteiger partial charge is 0.352 e. The molecule has 0 spiro atoms. The van der Waals surface area contributed by atoms with Crippen molar-refractivity contribution in [1.29, 1.82) is 0 Å². The van der Waals surface area contributed by atoms with Crippen LogP contribution in [-0.2, 0) is 11.2 Å². The van der Waals surface area contributed by atoms with Gasteiger partial charge >= 0.3 is 0 Å². The van der Waals surface area contributed by atoms with Gasteiger partial charge < -0.3 is 11.1 Å². The number of aryl methyl sites for hydroxylation is 1. The number of hydrogen-bond donors (Lipinski definition) is 2. The number of amides is 1. The van der Waals surface area contributed by atoms with Crippen LogP contribution < -0.4 is 11.1 Å². The predicted octanol–water partition coefficient (Wildman–Crippen LogP) is 1.38. The van der Waals surface area contributed by atoms with Crippen LogP contribution in [0.3, 0.4) is 0 Å². The van der Waals surface area contributed by atoms with E-state index in [1.165, 1.54) is 0 Å². The summed E-state index contributed by atoms with van der Waals surface area (Å²) in [6.45, 7) is 2.37. The van der Waals surface area contributed by atoms with Crippen molar-refractivity contribution in [3.8, 4) is 0 Å². The van der Waals surface area contributed by atoms with Crippen LogP contribution in [0.4, 0.5) is 0 Å². The second kappa shape index (κ2) is 9.84. The quantitative estimate of drug-likeness (QED) is 0.859. The molecule has 0 fully saturated rings. The third-order valence-electron chi connectivity index (χ3n) is 1.81. The number of nitrogens with two attached hydrogens (primary N) is 1. The zero-order valence-corrected chi connectivity index (χ0v) is 11.5. The number of hydrogen-bond acceptors (Lipinski definition) is 4. The molecule has 0 bridgehead atoms. The molecule has 0 aliphatic rings. The second-order valence-electron chi connectivity index (χ2n) is 3.13. The second-order valence-corrected chi connectivity index (χ2v) is 4.11. The normalized spacial score (nSPS) is 10.9. The fourth-order valence-electron chi connectivity index (χ4n) is 1.00. The standard InChI is InChI=1S/C9H15N3OS.2ClH/c1-7(6-10)12-8(13)2-3-9-11-4-5-14-9;;/h4-5,7H,2-3,6,10H2,1H3,(H,12,13);2*1H/t7-;;/m0../s1. The smallest absolute Gasteiger partial charge is 0.220 e. The number of aromatic nitrogens is 1. The average Bonchev–Trinajstić information content (AvgIpc) is 2.67. The first kappa shape index (κ1) is 18.0. The summed E-state index contributed by atoms with van der Waals surface area (Å²) in [6.07, 6.45) is 2.94. The van der Waals surface area contributed by atoms with Crippen LogP contribution >= 0.6 is 36.2 Å². The lowest BCUT2D eigenvalue weighted by Crippen LogP contribution is -2.37. The Kier molecular flexibility index (Phi) is 11.1. The van der Waals surface area contributed by atoms with Gasteiger partial charge in [-0.05, 0) is 6.92 Å². The minimum absolute atomic E-state index is 0. The van der Waals surface area contributed by atoms with E-state index in [1.807, 2.05) is 12.3 Å². The van der Waals surface area contributed by atoms with E-state index in [4.69, 9.17) is 5.73 Å². The van der Waals surface area contributed by atoms with Gasteiger partial charge in [0.15, 0.2) is 0 Å². The Morgan fingerprint density at radius 2 is 2.31 bits per heavy atom. The number of rotatable bonds is 5. The summed E-state index contributed by atoms with van der Waals surface area (Å²) in [6, 6.07) is 0.0544. The molecule has 0 aliphatic heterocycles. The molecule has 1 atom stereocenters. The molecule has 1 aromatic rings. The van der Waals surface area contributed by atoms with Crippen molar-refractivity contribution in [3.63, 3.8) is 0 Å². The van der Waals surface area contributed by atoms with Crippen molar-refractivity contribution in [2.45, 2.75) is 25.8 Å². The number of nitrogens with zero attached hydrogens (tertiary/aromatic N) is 1. The number of carbonyl (C=O) groups is 1. The first-order chi connectivity index (χ1) is 6.72. The van der Waals surface area contributed by atoms with Gasteiger partial charge in [-0.15, -0.1) is 36.2 Å². The average molecular weight is 286 g/mol. The van der Waals surface area contributed by atoms with Gasteiger partial charge in [-0.2, -0.15) is 0 Å². The first-order valence-electron chi connectivity index (χ1n) is 4.60. The Balaban J connectivity index is 0. The zero-order chi connectivity index (χ0) is 10.4. The molecule has 0 radical (unpaired) electrons. The Labute approximate surface area is 112 Å². The van der Waals surface area contributed by atoms with E-state index in [2.05, 4.69) is 10.3 Å². The first-order valence-corrected chi connectivity index (χ1v) is 5.48. The fraction of sp³-hybridized carbons (Fsp3) is 0.556. The monoisotopic (exact) mass is 285 g/mol. The van der Waals surface area contributed by atoms with E-state index >= 15 is 0 Å². The molecule has 0 aliphatic carbocycles. The van der Waals surface area contributed by atoms with Gasteiger partial charge in [0.2, 0.25) is 5.91 Å². The summed E-state index contributed by atoms with van der Waals surface area (Å²) in [4.78, 5) is 15.4. The van der Waals surface area contributed by atoms with E-state index in [-0.39, 0.29) is 36.8 Å². The molecule has 0 unspecified atom stereocenters. The highest BCUT2D eigenvalue weighted by Crippen LogP contribution is 2.06. The number of nitrogens with one attached hydrogen (secondary N) is 1. The lowest BCUT2D eigenvalue weighted by atomic mass is 10.2. The van der Waals surface area contributed by atoms with Crippen LogP contribution in [-0.4, -0.2) is 23.5 Å². The van der Waals surface area contributed by atoms with Crippen LogP contribution in [0.25, 0.3) is 0 Å². The van der Waals surface area contributed by atoms with Crippen molar-refractivity contribution >= 4 is 42.1 Å². The molecule has 3 N–H and O–H groups in total. The topological polar surface area (TPSA) is 68.0 Å². The lowest BCUT2D eigenvalue weighted by Gasteiger charge is -2.10. The predicted molar refractivity (Wildman–Crippen MR) is 71.6 cm³/mol. The maximum atomic E-state index is 11.3. The highest BCUT2D eigenvalue weighted by molar-refractivity contribution is 7.09. The highest BCUT2D eigenvalue weighted by atomic mass is 35.5. The molecule has 1 amide bonds. The van der Waals surface area contributed by atoms with Gasteiger partial charge in [-0.3, -0.25) is 4.79 Å². The Bertz CT molecular complexity index is 282. The van der Waals surface area contributed by atoms with Crippen molar-refractivity contribution in [1.82, 2.24) is 10.3 Å². The summed E-state index contributed by atoms with van der Waals surface area (Å²) in [5.41, 5.74) is 5.39. The Hall–Kier alpha value is -0.360. The van der Waals surface area contributed by atoms with E-state index < -0.39 is 0 Å². The molecule has 1 heterocycles. The van der Waals surface area contributed by atoms with Crippen LogP contribution in [0.5, 0.6) is 0 Å². The van der Waals surface area contributed by atoms with Crippen molar-refractivity contribution in [3.05, 3.63) is 16.6 Å². The molecule has 1 rings (SSSR count). The Morgan fingerprint density at radius 3 is 2.81 bits per heavy atom. The van der Waals surface area contributed by atoms with E-state index in [9.17, 15) is 4.79 Å². The third-order valence-corrected chi connectivity index (χ3v) is 2.65. The number of thiazole rings is 1. The fourth-order valence-corrected chi connectivity index (χ4v) is 1.62.